The summed E-state index contributed by atoms with van der Waals surface area (Å²) in [5, 5.41) is 10.7. The van der Waals surface area contributed by atoms with Crippen LogP contribution in [-0.4, -0.2) is 58.2 Å². The van der Waals surface area contributed by atoms with Crippen LogP contribution < -0.4 is 0 Å². The molecule has 4 heteroatoms. The van der Waals surface area contributed by atoms with Gasteiger partial charge in [0.05, 0.1) is 11.3 Å². The first kappa shape index (κ1) is 14.9. The van der Waals surface area contributed by atoms with Crippen LogP contribution in [0.3, 0.4) is 0 Å². The molecule has 0 radical (unpaired) electrons. The third kappa shape index (κ3) is 4.25. The number of hydrogen-bond donors (Lipinski definition) is 1. The number of aromatic nitrogens is 1. The fourth-order valence-corrected chi connectivity index (χ4v) is 3.61. The Balaban J connectivity index is 1.44. The van der Waals surface area contributed by atoms with Crippen LogP contribution in [0.5, 0.6) is 0 Å². The van der Waals surface area contributed by atoms with Gasteiger partial charge in [0, 0.05) is 45.5 Å². The summed E-state index contributed by atoms with van der Waals surface area (Å²) >= 11 is 0. The fraction of sp³-hybridized carbons (Fsp3) is 0.706. The molecule has 0 atom stereocenters. The first-order valence-electron chi connectivity index (χ1n) is 8.31. The Labute approximate surface area is 127 Å². The SMILES string of the molecule is OC1(CN2CCN(Cc3ccccn3)CC2)CCCCC1. The van der Waals surface area contributed by atoms with E-state index in [0.29, 0.717) is 0 Å². The highest BCUT2D eigenvalue weighted by Gasteiger charge is 2.32. The predicted octanol–water partition coefficient (Wildman–Crippen LogP) is 1.89. The van der Waals surface area contributed by atoms with Crippen LogP contribution in [0.25, 0.3) is 0 Å². The van der Waals surface area contributed by atoms with Gasteiger partial charge in [0.15, 0.2) is 0 Å². The maximum Gasteiger partial charge on any atom is 0.0774 e. The Bertz CT molecular complexity index is 423. The molecule has 3 rings (SSSR count). The lowest BCUT2D eigenvalue weighted by molar-refractivity contribution is -0.0360. The van der Waals surface area contributed by atoms with Crippen molar-refractivity contribution in [1.29, 1.82) is 0 Å². The third-order valence-corrected chi connectivity index (χ3v) is 4.88. The molecule has 0 spiro atoms. The molecule has 1 aromatic heterocycles. The number of piperazine rings is 1. The van der Waals surface area contributed by atoms with Crippen LogP contribution in [0.15, 0.2) is 24.4 Å². The third-order valence-electron chi connectivity index (χ3n) is 4.88. The summed E-state index contributed by atoms with van der Waals surface area (Å²) in [6, 6.07) is 6.11. The topological polar surface area (TPSA) is 39.6 Å². The molecule has 1 aliphatic heterocycles. The average molecular weight is 289 g/mol. The van der Waals surface area contributed by atoms with Crippen LogP contribution in [0.2, 0.25) is 0 Å². The molecule has 2 aliphatic rings. The summed E-state index contributed by atoms with van der Waals surface area (Å²) in [5.74, 6) is 0. The number of rotatable bonds is 4. The number of pyridine rings is 1. The van der Waals surface area contributed by atoms with Gasteiger partial charge in [-0.15, -0.1) is 0 Å². The van der Waals surface area contributed by atoms with Gasteiger partial charge in [0.25, 0.3) is 0 Å². The summed E-state index contributed by atoms with van der Waals surface area (Å²) in [6.07, 6.45) is 7.51. The van der Waals surface area contributed by atoms with Gasteiger partial charge < -0.3 is 5.11 Å². The van der Waals surface area contributed by atoms with Crippen molar-refractivity contribution in [1.82, 2.24) is 14.8 Å². The van der Waals surface area contributed by atoms with Crippen LogP contribution in [0.1, 0.15) is 37.8 Å². The number of β-amino-alcohol motifs (C(OH)–C–C–N with tert-alkyl or cyclic N) is 1. The molecule has 1 aromatic rings. The molecule has 21 heavy (non-hydrogen) atoms. The molecule has 0 aromatic carbocycles. The second-order valence-corrected chi connectivity index (χ2v) is 6.66. The number of hydrogen-bond acceptors (Lipinski definition) is 4. The van der Waals surface area contributed by atoms with Crippen LogP contribution >= 0.6 is 0 Å². The highest BCUT2D eigenvalue weighted by Crippen LogP contribution is 2.29. The van der Waals surface area contributed by atoms with Gasteiger partial charge in [-0.05, 0) is 25.0 Å². The van der Waals surface area contributed by atoms with E-state index in [1.807, 2.05) is 12.3 Å². The summed E-state index contributed by atoms with van der Waals surface area (Å²) in [4.78, 5) is 9.31. The molecule has 0 bridgehead atoms. The lowest BCUT2D eigenvalue weighted by Gasteiger charge is -2.41. The van der Waals surface area contributed by atoms with Crippen molar-refractivity contribution in [2.24, 2.45) is 0 Å². The first-order chi connectivity index (χ1) is 10.2. The summed E-state index contributed by atoms with van der Waals surface area (Å²) in [5.41, 5.74) is 0.735. The standard InChI is InChI=1S/C17H27N3O/c21-17(7-3-1-4-8-17)15-20-12-10-19(11-13-20)14-16-6-2-5-9-18-16/h2,5-6,9,21H,1,3-4,7-8,10-15H2. The Morgan fingerprint density at radius 1 is 1.00 bits per heavy atom. The van der Waals surface area contributed by atoms with E-state index in [2.05, 4.69) is 26.9 Å². The van der Waals surface area contributed by atoms with Crippen LogP contribution in [-0.2, 0) is 6.54 Å². The molecule has 0 amide bonds. The van der Waals surface area contributed by atoms with Gasteiger partial charge in [-0.2, -0.15) is 0 Å². The maximum absolute atomic E-state index is 10.7. The Hall–Kier alpha value is -0.970. The Kier molecular flexibility index (Phi) is 4.88. The van der Waals surface area contributed by atoms with Crippen LogP contribution in [0, 0.1) is 0 Å². The number of aliphatic hydroxyl groups is 1. The van der Waals surface area contributed by atoms with Gasteiger partial charge in [-0.25, -0.2) is 0 Å². The highest BCUT2D eigenvalue weighted by molar-refractivity contribution is 5.03. The fourth-order valence-electron chi connectivity index (χ4n) is 3.61. The van der Waals surface area contributed by atoms with E-state index in [9.17, 15) is 5.11 Å². The van der Waals surface area contributed by atoms with Crippen molar-refractivity contribution in [2.75, 3.05) is 32.7 Å². The smallest absolute Gasteiger partial charge is 0.0774 e. The van der Waals surface area contributed by atoms with E-state index in [-0.39, 0.29) is 0 Å². The Morgan fingerprint density at radius 3 is 2.38 bits per heavy atom. The van der Waals surface area contributed by atoms with Gasteiger partial charge in [-0.1, -0.05) is 25.3 Å². The van der Waals surface area contributed by atoms with E-state index >= 15 is 0 Å². The molecule has 1 saturated heterocycles. The zero-order valence-electron chi connectivity index (χ0n) is 12.9. The summed E-state index contributed by atoms with van der Waals surface area (Å²) in [6.45, 7) is 6.09. The monoisotopic (exact) mass is 289 g/mol. The lowest BCUT2D eigenvalue weighted by atomic mass is 9.84. The first-order valence-corrected chi connectivity index (χ1v) is 8.31. The van der Waals surface area contributed by atoms with Gasteiger partial charge in [0.2, 0.25) is 0 Å². The summed E-state index contributed by atoms with van der Waals surface area (Å²) < 4.78 is 0. The quantitative estimate of drug-likeness (QED) is 0.919. The molecule has 1 saturated carbocycles. The molecule has 2 fully saturated rings. The Morgan fingerprint density at radius 2 is 1.71 bits per heavy atom. The van der Waals surface area contributed by atoms with Crippen molar-refractivity contribution >= 4 is 0 Å². The van der Waals surface area contributed by atoms with Gasteiger partial charge in [-0.3, -0.25) is 14.8 Å². The molecule has 1 aliphatic carbocycles. The minimum Gasteiger partial charge on any atom is -0.389 e. The van der Waals surface area contributed by atoms with Crippen molar-refractivity contribution in [2.45, 2.75) is 44.2 Å². The minimum absolute atomic E-state index is 0.415. The van der Waals surface area contributed by atoms with Crippen molar-refractivity contribution in [3.63, 3.8) is 0 Å². The zero-order valence-corrected chi connectivity index (χ0v) is 12.9. The largest absolute Gasteiger partial charge is 0.389 e. The normalized spacial score (nSPS) is 24.0. The van der Waals surface area contributed by atoms with E-state index in [0.717, 1.165) is 57.8 Å². The zero-order chi connectivity index (χ0) is 14.5. The van der Waals surface area contributed by atoms with Crippen LogP contribution in [0.4, 0.5) is 0 Å². The molecule has 4 nitrogen and oxygen atoms in total. The maximum atomic E-state index is 10.7. The van der Waals surface area contributed by atoms with Gasteiger partial charge in [0.1, 0.15) is 0 Å². The molecular weight excluding hydrogens is 262 g/mol. The van der Waals surface area contributed by atoms with Crippen molar-refractivity contribution in [3.05, 3.63) is 30.1 Å². The van der Waals surface area contributed by atoms with E-state index < -0.39 is 5.60 Å². The highest BCUT2D eigenvalue weighted by atomic mass is 16.3. The molecular formula is C17H27N3O. The average Bonchev–Trinajstić information content (AvgIpc) is 2.51. The second kappa shape index (κ2) is 6.86. The van der Waals surface area contributed by atoms with E-state index in [4.69, 9.17) is 0 Å². The molecule has 2 heterocycles. The second-order valence-electron chi connectivity index (χ2n) is 6.66. The van der Waals surface area contributed by atoms with E-state index in [1.165, 1.54) is 19.3 Å². The van der Waals surface area contributed by atoms with Crippen molar-refractivity contribution in [3.8, 4) is 0 Å². The molecule has 1 N–H and O–H groups in total. The van der Waals surface area contributed by atoms with E-state index in [1.54, 1.807) is 0 Å². The minimum atomic E-state index is -0.415. The molecule has 116 valence electrons. The number of nitrogens with zero attached hydrogens (tertiary/aromatic N) is 3. The molecule has 0 unspecified atom stereocenters. The lowest BCUT2D eigenvalue weighted by Crippen LogP contribution is -2.52. The van der Waals surface area contributed by atoms with Crippen molar-refractivity contribution < 1.29 is 5.11 Å². The van der Waals surface area contributed by atoms with Gasteiger partial charge >= 0.3 is 0 Å². The summed E-state index contributed by atoms with van der Waals surface area (Å²) in [7, 11) is 0. The predicted molar refractivity (Wildman–Crippen MR) is 84.0 cm³/mol.